The van der Waals surface area contributed by atoms with Crippen molar-refractivity contribution in [2.75, 3.05) is 7.11 Å². The molecule has 0 amide bonds. The van der Waals surface area contributed by atoms with Crippen LogP contribution in [0.2, 0.25) is 0 Å². The van der Waals surface area contributed by atoms with Crippen LogP contribution in [0.1, 0.15) is 5.56 Å². The van der Waals surface area contributed by atoms with E-state index in [1.54, 1.807) is 7.11 Å². The lowest BCUT2D eigenvalue weighted by Crippen LogP contribution is -1.95. The minimum absolute atomic E-state index is 0.675. The highest BCUT2D eigenvalue weighted by Crippen LogP contribution is 2.27. The second kappa shape index (κ2) is 5.07. The summed E-state index contributed by atoms with van der Waals surface area (Å²) in [6.45, 7) is 2.07. The van der Waals surface area contributed by atoms with E-state index in [2.05, 4.69) is 40.0 Å². The van der Waals surface area contributed by atoms with Gasteiger partial charge in [-0.2, -0.15) is 0 Å². The zero-order chi connectivity index (χ0) is 14.3. The number of aromatic nitrogens is 2. The molecular weight excluding hydrogens is 336 g/mol. The maximum absolute atomic E-state index is 5.47. The van der Waals surface area contributed by atoms with Crippen molar-refractivity contribution in [1.82, 2.24) is 9.55 Å². The number of benzene rings is 2. The molecule has 0 unspecified atom stereocenters. The lowest BCUT2D eigenvalue weighted by atomic mass is 10.2. The monoisotopic (exact) mass is 348 g/mol. The standard InChI is InChI=1S/C15H13BrN2OS/c1-9-4-3-5-13-14(9)17-15(20)18(13)11-6-10(16)7-12(8-11)19-2/h3-8H,1-2H3,(H,17,20). The number of rotatable bonds is 2. The maximum atomic E-state index is 5.47. The van der Waals surface area contributed by atoms with Crippen LogP contribution in [0.5, 0.6) is 5.75 Å². The van der Waals surface area contributed by atoms with Crippen LogP contribution in [0.25, 0.3) is 16.7 Å². The quantitative estimate of drug-likeness (QED) is 0.676. The second-order valence-electron chi connectivity index (χ2n) is 4.58. The number of H-pyrrole nitrogens is 1. The molecule has 3 rings (SSSR count). The first-order valence-corrected chi connectivity index (χ1v) is 7.35. The second-order valence-corrected chi connectivity index (χ2v) is 5.89. The Balaban J connectivity index is 2.35. The average Bonchev–Trinajstić information content (AvgIpc) is 2.76. The van der Waals surface area contributed by atoms with Gasteiger partial charge in [-0.3, -0.25) is 4.57 Å². The normalized spacial score (nSPS) is 10.9. The van der Waals surface area contributed by atoms with Crippen molar-refractivity contribution in [3.8, 4) is 11.4 Å². The molecule has 0 saturated heterocycles. The molecule has 0 radical (unpaired) electrons. The molecule has 3 aromatic rings. The molecule has 0 fully saturated rings. The van der Waals surface area contributed by atoms with Crippen LogP contribution in [0.3, 0.4) is 0 Å². The first-order valence-electron chi connectivity index (χ1n) is 6.15. The van der Waals surface area contributed by atoms with Crippen LogP contribution in [-0.4, -0.2) is 16.7 Å². The average molecular weight is 349 g/mol. The van der Waals surface area contributed by atoms with Crippen molar-refractivity contribution >= 4 is 39.2 Å². The Hall–Kier alpha value is -1.59. The number of fused-ring (bicyclic) bond motifs is 1. The number of nitrogens with one attached hydrogen (secondary N) is 1. The number of para-hydroxylation sites is 1. The van der Waals surface area contributed by atoms with Gasteiger partial charge in [0, 0.05) is 10.5 Å². The molecule has 2 aromatic carbocycles. The van der Waals surface area contributed by atoms with Gasteiger partial charge in [-0.05, 0) is 42.9 Å². The highest BCUT2D eigenvalue weighted by molar-refractivity contribution is 9.10. The molecule has 0 saturated carbocycles. The minimum atomic E-state index is 0.675. The van der Waals surface area contributed by atoms with Crippen LogP contribution in [0.15, 0.2) is 40.9 Å². The minimum Gasteiger partial charge on any atom is -0.497 e. The van der Waals surface area contributed by atoms with E-state index < -0.39 is 0 Å². The van der Waals surface area contributed by atoms with Gasteiger partial charge in [-0.15, -0.1) is 0 Å². The fraction of sp³-hybridized carbons (Fsp3) is 0.133. The number of methoxy groups -OCH3 is 1. The summed E-state index contributed by atoms with van der Waals surface area (Å²) in [4.78, 5) is 3.27. The zero-order valence-corrected chi connectivity index (χ0v) is 13.5. The molecule has 1 aromatic heterocycles. The number of aryl methyl sites for hydroxylation is 1. The SMILES string of the molecule is COc1cc(Br)cc(-n2c(=S)[nH]c3c(C)cccc32)c1. The first-order chi connectivity index (χ1) is 9.60. The van der Waals surface area contributed by atoms with E-state index in [1.165, 1.54) is 5.56 Å². The van der Waals surface area contributed by atoms with Crippen molar-refractivity contribution in [3.05, 3.63) is 51.2 Å². The summed E-state index contributed by atoms with van der Waals surface area (Å²) < 4.78 is 8.97. The summed E-state index contributed by atoms with van der Waals surface area (Å²) in [7, 11) is 1.66. The predicted molar refractivity (Wildman–Crippen MR) is 87.4 cm³/mol. The molecule has 0 spiro atoms. The van der Waals surface area contributed by atoms with Gasteiger partial charge in [-0.1, -0.05) is 28.1 Å². The molecule has 0 bridgehead atoms. The van der Waals surface area contributed by atoms with Crippen molar-refractivity contribution in [2.45, 2.75) is 6.92 Å². The van der Waals surface area contributed by atoms with Gasteiger partial charge in [0.05, 0.1) is 23.8 Å². The van der Waals surface area contributed by atoms with Crippen LogP contribution in [0.4, 0.5) is 0 Å². The van der Waals surface area contributed by atoms with Crippen molar-refractivity contribution in [1.29, 1.82) is 0 Å². The van der Waals surface area contributed by atoms with Crippen LogP contribution in [-0.2, 0) is 0 Å². The molecule has 1 heterocycles. The van der Waals surface area contributed by atoms with Gasteiger partial charge in [0.1, 0.15) is 5.75 Å². The summed E-state index contributed by atoms with van der Waals surface area (Å²) in [5, 5.41) is 0. The van der Waals surface area contributed by atoms with Gasteiger partial charge in [-0.25, -0.2) is 0 Å². The summed E-state index contributed by atoms with van der Waals surface area (Å²) in [6.07, 6.45) is 0. The Labute approximate surface area is 130 Å². The van der Waals surface area contributed by atoms with E-state index in [4.69, 9.17) is 17.0 Å². The van der Waals surface area contributed by atoms with Crippen LogP contribution in [0, 0.1) is 11.7 Å². The van der Waals surface area contributed by atoms with Gasteiger partial charge >= 0.3 is 0 Å². The van der Waals surface area contributed by atoms with E-state index >= 15 is 0 Å². The number of ether oxygens (including phenoxy) is 1. The fourth-order valence-corrected chi connectivity index (χ4v) is 3.09. The molecule has 3 nitrogen and oxygen atoms in total. The summed E-state index contributed by atoms with van der Waals surface area (Å²) in [5.74, 6) is 0.790. The molecule has 0 aliphatic heterocycles. The van der Waals surface area contributed by atoms with Gasteiger partial charge in [0.15, 0.2) is 4.77 Å². The Morgan fingerprint density at radius 1 is 1.25 bits per heavy atom. The largest absolute Gasteiger partial charge is 0.497 e. The number of imidazole rings is 1. The highest BCUT2D eigenvalue weighted by atomic mass is 79.9. The van der Waals surface area contributed by atoms with E-state index in [0.29, 0.717) is 4.77 Å². The Morgan fingerprint density at radius 2 is 2.05 bits per heavy atom. The topological polar surface area (TPSA) is 29.9 Å². The van der Waals surface area contributed by atoms with Crippen molar-refractivity contribution < 1.29 is 4.74 Å². The van der Waals surface area contributed by atoms with Crippen LogP contribution < -0.4 is 4.74 Å². The van der Waals surface area contributed by atoms with E-state index in [-0.39, 0.29) is 0 Å². The molecular formula is C15H13BrN2OS. The number of nitrogens with zero attached hydrogens (tertiary/aromatic N) is 1. The van der Waals surface area contributed by atoms with Crippen molar-refractivity contribution in [3.63, 3.8) is 0 Å². The first kappa shape index (κ1) is 13.4. The third-order valence-corrected chi connectivity index (χ3v) is 4.02. The van der Waals surface area contributed by atoms with Gasteiger partial charge in [0.2, 0.25) is 0 Å². The third kappa shape index (κ3) is 2.17. The van der Waals surface area contributed by atoms with E-state index in [0.717, 1.165) is 26.9 Å². The summed E-state index contributed by atoms with van der Waals surface area (Å²) in [6, 6.07) is 12.1. The Kier molecular flexibility index (Phi) is 3.40. The zero-order valence-electron chi connectivity index (χ0n) is 11.1. The number of aromatic amines is 1. The number of hydrogen-bond acceptors (Lipinski definition) is 2. The summed E-state index contributed by atoms with van der Waals surface area (Å²) >= 11 is 8.97. The van der Waals surface area contributed by atoms with Gasteiger partial charge < -0.3 is 9.72 Å². The van der Waals surface area contributed by atoms with Crippen LogP contribution >= 0.6 is 28.1 Å². The molecule has 1 N–H and O–H groups in total. The molecule has 0 atom stereocenters. The molecule has 102 valence electrons. The number of hydrogen-bond donors (Lipinski definition) is 1. The molecule has 5 heteroatoms. The van der Waals surface area contributed by atoms with Crippen molar-refractivity contribution in [2.24, 2.45) is 0 Å². The molecule has 0 aliphatic rings. The van der Waals surface area contributed by atoms with Gasteiger partial charge in [0.25, 0.3) is 0 Å². The van der Waals surface area contributed by atoms with E-state index in [1.807, 2.05) is 28.8 Å². The lowest BCUT2D eigenvalue weighted by molar-refractivity contribution is 0.414. The predicted octanol–water partition coefficient (Wildman–Crippen LogP) is 4.77. The number of halogens is 1. The molecule has 0 aliphatic carbocycles. The smallest absolute Gasteiger partial charge is 0.182 e. The van der Waals surface area contributed by atoms with E-state index in [9.17, 15) is 0 Å². The third-order valence-electron chi connectivity index (χ3n) is 3.28. The molecule has 20 heavy (non-hydrogen) atoms. The highest BCUT2D eigenvalue weighted by Gasteiger charge is 2.09. The lowest BCUT2D eigenvalue weighted by Gasteiger charge is -2.08. The fourth-order valence-electron chi connectivity index (χ4n) is 2.32. The maximum Gasteiger partial charge on any atom is 0.182 e. The Bertz CT molecular complexity index is 851. The summed E-state index contributed by atoms with van der Waals surface area (Å²) in [5.41, 5.74) is 4.28. The Morgan fingerprint density at radius 3 is 2.80 bits per heavy atom.